The largest absolute Gasteiger partial charge is 0.480 e. The predicted molar refractivity (Wildman–Crippen MR) is 96.3 cm³/mol. The summed E-state index contributed by atoms with van der Waals surface area (Å²) < 4.78 is 0. The highest BCUT2D eigenvalue weighted by Crippen LogP contribution is 2.14. The monoisotopic (exact) mass is 389 g/mol. The normalized spacial score (nSPS) is 15.0. The van der Waals surface area contributed by atoms with E-state index in [2.05, 4.69) is 5.32 Å². The van der Waals surface area contributed by atoms with Crippen molar-refractivity contribution in [3.63, 3.8) is 0 Å². The Morgan fingerprint density at radius 2 is 1.92 bits per heavy atom. The van der Waals surface area contributed by atoms with Crippen LogP contribution in [0.5, 0.6) is 0 Å². The van der Waals surface area contributed by atoms with Crippen LogP contribution in [-0.2, 0) is 9.59 Å². The first kappa shape index (κ1) is 21.2. The molecule has 9 heteroatoms. The van der Waals surface area contributed by atoms with Crippen LogP contribution in [0.1, 0.15) is 16.8 Å². The van der Waals surface area contributed by atoms with Crippen LogP contribution in [0.2, 0.25) is 5.02 Å². The highest BCUT2D eigenvalue weighted by atomic mass is 35.5. The minimum absolute atomic E-state index is 0. The lowest BCUT2D eigenvalue weighted by Gasteiger charge is -2.21. The maximum absolute atomic E-state index is 12.5. The summed E-state index contributed by atoms with van der Waals surface area (Å²) in [5.74, 6) is -1.47. The second-order valence-electron chi connectivity index (χ2n) is 5.60. The Bertz CT molecular complexity index is 627. The average Bonchev–Trinajstić information content (AvgIpc) is 2.78. The highest BCUT2D eigenvalue weighted by molar-refractivity contribution is 6.30. The van der Waals surface area contributed by atoms with Crippen molar-refractivity contribution in [3.8, 4) is 0 Å². The van der Waals surface area contributed by atoms with E-state index in [1.807, 2.05) is 4.90 Å². The summed E-state index contributed by atoms with van der Waals surface area (Å²) in [6.07, 6.45) is 0.749. The smallest absolute Gasteiger partial charge is 0.322 e. The molecule has 0 unspecified atom stereocenters. The SMILES string of the molecule is Cl.O=C(O)CNC(=O)CN1CCCN(C(=O)c2cccc(Cl)c2)CC1. The van der Waals surface area contributed by atoms with Crippen LogP contribution in [0.15, 0.2) is 24.3 Å². The molecule has 0 bridgehead atoms. The molecule has 0 aliphatic carbocycles. The molecule has 0 saturated carbocycles. The summed E-state index contributed by atoms with van der Waals surface area (Å²) in [7, 11) is 0. The Labute approximate surface area is 157 Å². The Hall–Kier alpha value is -1.83. The van der Waals surface area contributed by atoms with Gasteiger partial charge in [0.1, 0.15) is 6.54 Å². The predicted octanol–water partition coefficient (Wildman–Crippen LogP) is 1.11. The van der Waals surface area contributed by atoms with Gasteiger partial charge in [0.2, 0.25) is 5.91 Å². The maximum atomic E-state index is 12.5. The van der Waals surface area contributed by atoms with Gasteiger partial charge in [-0.2, -0.15) is 0 Å². The fourth-order valence-electron chi connectivity index (χ4n) is 2.57. The van der Waals surface area contributed by atoms with E-state index < -0.39 is 5.97 Å². The Morgan fingerprint density at radius 3 is 2.60 bits per heavy atom. The van der Waals surface area contributed by atoms with Gasteiger partial charge < -0.3 is 15.3 Å². The van der Waals surface area contributed by atoms with Crippen molar-refractivity contribution in [3.05, 3.63) is 34.9 Å². The van der Waals surface area contributed by atoms with Crippen LogP contribution in [0.4, 0.5) is 0 Å². The topological polar surface area (TPSA) is 89.9 Å². The molecule has 0 aromatic heterocycles. The molecule has 1 aliphatic rings. The summed E-state index contributed by atoms with van der Waals surface area (Å²) >= 11 is 5.93. The fraction of sp³-hybridized carbons (Fsp3) is 0.438. The molecular weight excluding hydrogens is 369 g/mol. The molecule has 1 saturated heterocycles. The fourth-order valence-corrected chi connectivity index (χ4v) is 2.76. The minimum Gasteiger partial charge on any atom is -0.480 e. The summed E-state index contributed by atoms with van der Waals surface area (Å²) in [6, 6.07) is 6.84. The standard InChI is InChI=1S/C16H20ClN3O4.ClH/c17-13-4-1-3-12(9-13)16(24)20-6-2-5-19(7-8-20)11-14(21)18-10-15(22)23;/h1,3-4,9H,2,5-8,10-11H2,(H,18,21)(H,22,23);1H. The number of hydrogen-bond acceptors (Lipinski definition) is 4. The van der Waals surface area contributed by atoms with Crippen molar-refractivity contribution in [2.24, 2.45) is 0 Å². The summed E-state index contributed by atoms with van der Waals surface area (Å²) in [5.41, 5.74) is 0.551. The van der Waals surface area contributed by atoms with Gasteiger partial charge in [-0.1, -0.05) is 17.7 Å². The van der Waals surface area contributed by atoms with Crippen molar-refractivity contribution in [1.29, 1.82) is 0 Å². The van der Waals surface area contributed by atoms with Crippen molar-refractivity contribution < 1.29 is 19.5 Å². The highest BCUT2D eigenvalue weighted by Gasteiger charge is 2.21. The third kappa shape index (κ3) is 6.89. The van der Waals surface area contributed by atoms with Crippen LogP contribution in [-0.4, -0.2) is 72.0 Å². The first-order valence-corrected chi connectivity index (χ1v) is 8.09. The van der Waals surface area contributed by atoms with Crippen LogP contribution in [0, 0.1) is 0 Å². The third-order valence-electron chi connectivity index (χ3n) is 3.75. The van der Waals surface area contributed by atoms with Crippen LogP contribution in [0.25, 0.3) is 0 Å². The number of halogens is 2. The molecule has 2 rings (SSSR count). The lowest BCUT2D eigenvalue weighted by molar-refractivity contribution is -0.138. The summed E-state index contributed by atoms with van der Waals surface area (Å²) in [5, 5.41) is 11.4. The molecule has 1 aromatic carbocycles. The molecule has 1 fully saturated rings. The first-order valence-electron chi connectivity index (χ1n) is 7.71. The summed E-state index contributed by atoms with van der Waals surface area (Å²) in [6.45, 7) is 2.11. The Balaban J connectivity index is 0.00000312. The first-order chi connectivity index (χ1) is 11.5. The van der Waals surface area contributed by atoms with Gasteiger partial charge in [0, 0.05) is 36.8 Å². The van der Waals surface area contributed by atoms with Gasteiger partial charge in [0.25, 0.3) is 5.91 Å². The summed E-state index contributed by atoms with van der Waals surface area (Å²) in [4.78, 5) is 38.3. The van der Waals surface area contributed by atoms with E-state index >= 15 is 0 Å². The number of hydrogen-bond donors (Lipinski definition) is 2. The molecule has 25 heavy (non-hydrogen) atoms. The van der Waals surface area contributed by atoms with E-state index in [-0.39, 0.29) is 37.3 Å². The second-order valence-corrected chi connectivity index (χ2v) is 6.04. The zero-order valence-electron chi connectivity index (χ0n) is 13.6. The molecule has 7 nitrogen and oxygen atoms in total. The number of rotatable bonds is 5. The molecule has 0 spiro atoms. The van der Waals surface area contributed by atoms with Crippen molar-refractivity contribution >= 4 is 41.8 Å². The zero-order valence-corrected chi connectivity index (χ0v) is 15.2. The quantitative estimate of drug-likeness (QED) is 0.786. The molecule has 1 aliphatic heterocycles. The molecule has 138 valence electrons. The molecule has 0 radical (unpaired) electrons. The van der Waals surface area contributed by atoms with E-state index in [1.165, 1.54) is 0 Å². The number of benzene rings is 1. The molecule has 2 amide bonds. The van der Waals surface area contributed by atoms with Gasteiger partial charge >= 0.3 is 5.97 Å². The van der Waals surface area contributed by atoms with Gasteiger partial charge in [-0.05, 0) is 24.6 Å². The van der Waals surface area contributed by atoms with Gasteiger partial charge in [-0.15, -0.1) is 12.4 Å². The number of carboxylic acids is 1. The van der Waals surface area contributed by atoms with E-state index in [0.29, 0.717) is 36.8 Å². The van der Waals surface area contributed by atoms with E-state index in [9.17, 15) is 14.4 Å². The van der Waals surface area contributed by atoms with Crippen LogP contribution in [0.3, 0.4) is 0 Å². The number of nitrogens with one attached hydrogen (secondary N) is 1. The maximum Gasteiger partial charge on any atom is 0.322 e. The van der Waals surface area contributed by atoms with Crippen molar-refractivity contribution in [1.82, 2.24) is 15.1 Å². The lowest BCUT2D eigenvalue weighted by Crippen LogP contribution is -2.41. The number of carbonyl (C=O) groups excluding carboxylic acids is 2. The second kappa shape index (κ2) is 10.2. The molecule has 1 heterocycles. The van der Waals surface area contributed by atoms with Gasteiger partial charge in [0.05, 0.1) is 6.54 Å². The van der Waals surface area contributed by atoms with E-state index in [0.717, 1.165) is 6.42 Å². The van der Waals surface area contributed by atoms with Crippen LogP contribution >= 0.6 is 24.0 Å². The Kier molecular flexibility index (Phi) is 8.68. The zero-order chi connectivity index (χ0) is 17.5. The van der Waals surface area contributed by atoms with Gasteiger partial charge in [0.15, 0.2) is 0 Å². The van der Waals surface area contributed by atoms with Crippen molar-refractivity contribution in [2.45, 2.75) is 6.42 Å². The number of amides is 2. The molecule has 0 atom stereocenters. The van der Waals surface area contributed by atoms with Crippen molar-refractivity contribution in [2.75, 3.05) is 39.3 Å². The number of carbonyl (C=O) groups is 3. The lowest BCUT2D eigenvalue weighted by atomic mass is 10.2. The Morgan fingerprint density at radius 1 is 1.16 bits per heavy atom. The van der Waals surface area contributed by atoms with E-state index in [4.69, 9.17) is 16.7 Å². The number of aliphatic carboxylic acids is 1. The van der Waals surface area contributed by atoms with Gasteiger partial charge in [-0.25, -0.2) is 0 Å². The van der Waals surface area contributed by atoms with Crippen LogP contribution < -0.4 is 5.32 Å². The molecule has 1 aromatic rings. The molecule has 2 N–H and O–H groups in total. The number of carboxylic acid groups (broad SMARTS) is 1. The molecular formula is C16H21Cl2N3O4. The third-order valence-corrected chi connectivity index (χ3v) is 3.99. The average molecular weight is 390 g/mol. The van der Waals surface area contributed by atoms with Gasteiger partial charge in [-0.3, -0.25) is 19.3 Å². The minimum atomic E-state index is -1.07. The number of nitrogens with zero attached hydrogens (tertiary/aromatic N) is 2. The van der Waals surface area contributed by atoms with E-state index in [1.54, 1.807) is 29.2 Å².